The van der Waals surface area contributed by atoms with Crippen LogP contribution in [0.4, 0.5) is 0 Å². The average molecular weight is 398 g/mol. The van der Waals surface area contributed by atoms with Crippen LogP contribution in [0.1, 0.15) is 25.0 Å². The quantitative estimate of drug-likeness (QED) is 0.545. The monoisotopic (exact) mass is 397 g/mol. The topological polar surface area (TPSA) is 63.7 Å². The van der Waals surface area contributed by atoms with Crippen LogP contribution < -0.4 is 14.8 Å². The van der Waals surface area contributed by atoms with Crippen molar-refractivity contribution >= 4 is 29.3 Å². The van der Waals surface area contributed by atoms with Gasteiger partial charge >= 0.3 is 0 Å². The molecule has 0 aliphatic carbocycles. The first-order valence-corrected chi connectivity index (χ1v) is 9.66. The number of ether oxygens (including phenoxy) is 2. The van der Waals surface area contributed by atoms with Crippen LogP contribution in [0, 0.1) is 0 Å². The van der Waals surface area contributed by atoms with Gasteiger partial charge in [0, 0.05) is 18.9 Å². The summed E-state index contributed by atoms with van der Waals surface area (Å²) in [6.45, 7) is 5.49. The first kappa shape index (κ1) is 19.8. The highest BCUT2D eigenvalue weighted by molar-refractivity contribution is 7.80. The van der Waals surface area contributed by atoms with Crippen LogP contribution in [-0.4, -0.2) is 40.7 Å². The average Bonchev–Trinajstić information content (AvgIpc) is 2.96. The van der Waals surface area contributed by atoms with E-state index < -0.39 is 0 Å². The molecule has 0 spiro atoms. The second kappa shape index (κ2) is 9.32. The van der Waals surface area contributed by atoms with Crippen molar-refractivity contribution in [3.05, 3.63) is 59.5 Å². The molecule has 0 radical (unpaired) electrons. The molecule has 1 aromatic heterocycles. The molecule has 1 aliphatic heterocycles. The first-order valence-electron chi connectivity index (χ1n) is 9.25. The SMILES string of the molecule is CCOc1ccc(CCN2C(=O)/C(=C\c3cccnc3)NC2=S)cc1OCC. The van der Waals surface area contributed by atoms with Gasteiger partial charge in [-0.15, -0.1) is 0 Å². The molecule has 1 aromatic carbocycles. The van der Waals surface area contributed by atoms with Gasteiger partial charge in [-0.1, -0.05) is 12.1 Å². The minimum atomic E-state index is -0.134. The number of nitrogens with one attached hydrogen (secondary N) is 1. The zero-order valence-corrected chi connectivity index (χ0v) is 16.8. The second-order valence-corrected chi connectivity index (χ2v) is 6.52. The Balaban J connectivity index is 1.69. The van der Waals surface area contributed by atoms with E-state index in [4.69, 9.17) is 21.7 Å². The number of nitrogens with zero attached hydrogens (tertiary/aromatic N) is 2. The van der Waals surface area contributed by atoms with Crippen molar-refractivity contribution in [3.63, 3.8) is 0 Å². The van der Waals surface area contributed by atoms with Crippen LogP contribution in [0.25, 0.3) is 6.08 Å². The van der Waals surface area contributed by atoms with Crippen LogP contribution in [0.15, 0.2) is 48.4 Å². The van der Waals surface area contributed by atoms with E-state index in [1.165, 1.54) is 0 Å². The smallest absolute Gasteiger partial charge is 0.276 e. The van der Waals surface area contributed by atoms with Crippen molar-refractivity contribution in [2.75, 3.05) is 19.8 Å². The minimum Gasteiger partial charge on any atom is -0.490 e. The van der Waals surface area contributed by atoms with Crippen molar-refractivity contribution in [3.8, 4) is 11.5 Å². The summed E-state index contributed by atoms with van der Waals surface area (Å²) >= 11 is 5.34. The van der Waals surface area contributed by atoms with E-state index in [2.05, 4.69) is 10.3 Å². The van der Waals surface area contributed by atoms with Gasteiger partial charge in [-0.05, 0) is 67.9 Å². The van der Waals surface area contributed by atoms with Crippen LogP contribution in [0.3, 0.4) is 0 Å². The van der Waals surface area contributed by atoms with Crippen LogP contribution >= 0.6 is 12.2 Å². The predicted molar refractivity (Wildman–Crippen MR) is 112 cm³/mol. The molecule has 1 fully saturated rings. The number of carbonyl (C=O) groups excluding carboxylic acids is 1. The summed E-state index contributed by atoms with van der Waals surface area (Å²) in [5, 5.41) is 3.41. The summed E-state index contributed by atoms with van der Waals surface area (Å²) in [5.41, 5.74) is 2.35. The molecule has 1 amide bonds. The van der Waals surface area contributed by atoms with Crippen LogP contribution in [-0.2, 0) is 11.2 Å². The standard InChI is InChI=1S/C21H23N3O3S/c1-3-26-18-8-7-15(13-19(18)27-4-2)9-11-24-20(25)17(23-21(24)28)12-16-6-5-10-22-14-16/h5-8,10,12-14H,3-4,9,11H2,1-2H3,(H,23,28)/b17-12+. The minimum absolute atomic E-state index is 0.134. The number of pyridine rings is 1. The Hall–Kier alpha value is -2.93. The fraction of sp³-hybridized carbons (Fsp3) is 0.286. The molecular formula is C21H23N3O3S. The van der Waals surface area contributed by atoms with Gasteiger partial charge in [0.2, 0.25) is 0 Å². The molecule has 1 saturated heterocycles. The highest BCUT2D eigenvalue weighted by Crippen LogP contribution is 2.29. The molecule has 1 aliphatic rings. The molecule has 3 rings (SSSR count). The third-order valence-corrected chi connectivity index (χ3v) is 4.51. The van der Waals surface area contributed by atoms with Crippen molar-refractivity contribution < 1.29 is 14.3 Å². The number of hydrogen-bond acceptors (Lipinski definition) is 5. The zero-order valence-electron chi connectivity index (χ0n) is 16.0. The molecule has 2 aromatic rings. The molecule has 7 heteroatoms. The van der Waals surface area contributed by atoms with E-state index in [1.807, 2.05) is 44.2 Å². The van der Waals surface area contributed by atoms with E-state index in [9.17, 15) is 4.79 Å². The largest absolute Gasteiger partial charge is 0.490 e. The number of amides is 1. The summed E-state index contributed by atoms with van der Waals surface area (Å²) < 4.78 is 11.3. The molecule has 2 heterocycles. The van der Waals surface area contributed by atoms with Gasteiger partial charge in [0.05, 0.1) is 13.2 Å². The maximum atomic E-state index is 12.7. The number of hydrogen-bond donors (Lipinski definition) is 1. The van der Waals surface area contributed by atoms with E-state index in [0.29, 0.717) is 42.7 Å². The van der Waals surface area contributed by atoms with Crippen molar-refractivity contribution in [2.24, 2.45) is 0 Å². The van der Waals surface area contributed by atoms with Crippen LogP contribution in [0.5, 0.6) is 11.5 Å². The van der Waals surface area contributed by atoms with Gasteiger partial charge in [-0.25, -0.2) is 0 Å². The Morgan fingerprint density at radius 2 is 1.96 bits per heavy atom. The summed E-state index contributed by atoms with van der Waals surface area (Å²) in [6.07, 6.45) is 5.80. The second-order valence-electron chi connectivity index (χ2n) is 6.13. The fourth-order valence-corrected chi connectivity index (χ4v) is 3.18. The molecular weight excluding hydrogens is 374 g/mol. The third kappa shape index (κ3) is 4.67. The zero-order chi connectivity index (χ0) is 19.9. The van der Waals surface area contributed by atoms with Crippen molar-refractivity contribution in [1.29, 1.82) is 0 Å². The lowest BCUT2D eigenvalue weighted by molar-refractivity contribution is -0.122. The molecule has 0 saturated carbocycles. The number of thiocarbonyl (C=S) groups is 1. The summed E-state index contributed by atoms with van der Waals surface area (Å²) in [4.78, 5) is 18.3. The molecule has 28 heavy (non-hydrogen) atoms. The Morgan fingerprint density at radius 1 is 1.18 bits per heavy atom. The first-order chi connectivity index (χ1) is 13.6. The molecule has 0 bridgehead atoms. The molecule has 0 unspecified atom stereocenters. The molecule has 6 nitrogen and oxygen atoms in total. The predicted octanol–water partition coefficient (Wildman–Crippen LogP) is 3.18. The van der Waals surface area contributed by atoms with Gasteiger partial charge < -0.3 is 14.8 Å². The van der Waals surface area contributed by atoms with Gasteiger partial charge in [0.15, 0.2) is 16.6 Å². The maximum absolute atomic E-state index is 12.7. The number of benzene rings is 1. The van der Waals surface area contributed by atoms with E-state index in [1.54, 1.807) is 23.4 Å². The number of rotatable bonds is 8. The summed E-state index contributed by atoms with van der Waals surface area (Å²) in [6, 6.07) is 9.55. The van der Waals surface area contributed by atoms with Crippen LogP contribution in [0.2, 0.25) is 0 Å². The molecule has 1 N–H and O–H groups in total. The number of carbonyl (C=O) groups is 1. The highest BCUT2D eigenvalue weighted by atomic mass is 32.1. The number of aromatic nitrogens is 1. The fourth-order valence-electron chi connectivity index (χ4n) is 2.89. The summed E-state index contributed by atoms with van der Waals surface area (Å²) in [7, 11) is 0. The summed E-state index contributed by atoms with van der Waals surface area (Å²) in [5.74, 6) is 1.31. The van der Waals surface area contributed by atoms with Gasteiger partial charge in [0.25, 0.3) is 5.91 Å². The Bertz CT molecular complexity index is 884. The lowest BCUT2D eigenvalue weighted by atomic mass is 10.1. The highest BCUT2D eigenvalue weighted by Gasteiger charge is 2.30. The van der Waals surface area contributed by atoms with Gasteiger partial charge in [-0.2, -0.15) is 0 Å². The molecule has 0 atom stereocenters. The van der Waals surface area contributed by atoms with Gasteiger partial charge in [0.1, 0.15) is 5.70 Å². The van der Waals surface area contributed by atoms with E-state index in [-0.39, 0.29) is 5.91 Å². The lowest BCUT2D eigenvalue weighted by Gasteiger charge is -2.15. The third-order valence-electron chi connectivity index (χ3n) is 4.19. The van der Waals surface area contributed by atoms with Crippen molar-refractivity contribution in [2.45, 2.75) is 20.3 Å². The lowest BCUT2D eigenvalue weighted by Crippen LogP contribution is -2.32. The Labute approximate surface area is 170 Å². The van der Waals surface area contributed by atoms with Gasteiger partial charge in [-0.3, -0.25) is 14.7 Å². The van der Waals surface area contributed by atoms with E-state index in [0.717, 1.165) is 16.9 Å². The molecule has 146 valence electrons. The Kier molecular flexibility index (Phi) is 6.60. The maximum Gasteiger partial charge on any atom is 0.276 e. The van der Waals surface area contributed by atoms with Crippen molar-refractivity contribution in [1.82, 2.24) is 15.2 Å². The van der Waals surface area contributed by atoms with E-state index >= 15 is 0 Å². The Morgan fingerprint density at radius 3 is 2.68 bits per heavy atom. The normalized spacial score (nSPS) is 15.1.